The van der Waals surface area contributed by atoms with Crippen molar-refractivity contribution in [2.75, 3.05) is 11.9 Å². The quantitative estimate of drug-likeness (QED) is 0.910. The summed E-state index contributed by atoms with van der Waals surface area (Å²) < 4.78 is 1.60. The van der Waals surface area contributed by atoms with Crippen molar-refractivity contribution in [1.82, 2.24) is 20.1 Å². The van der Waals surface area contributed by atoms with E-state index in [-0.39, 0.29) is 11.9 Å². The molecule has 0 bridgehead atoms. The first-order valence-electron chi connectivity index (χ1n) is 6.93. The number of piperidine rings is 1. The van der Waals surface area contributed by atoms with Gasteiger partial charge >= 0.3 is 0 Å². The maximum absolute atomic E-state index is 12.3. The number of carbonyl (C=O) groups is 1. The number of benzene rings is 1. The first-order valence-corrected chi connectivity index (χ1v) is 7.30. The van der Waals surface area contributed by atoms with E-state index in [1.165, 1.54) is 6.33 Å². The number of nitrogens with one attached hydrogen (secondary N) is 2. The molecule has 6 nitrogen and oxygen atoms in total. The smallest absolute Gasteiger partial charge is 0.241 e. The van der Waals surface area contributed by atoms with Gasteiger partial charge < -0.3 is 10.6 Å². The lowest BCUT2D eigenvalue weighted by atomic mass is 10.0. The summed E-state index contributed by atoms with van der Waals surface area (Å²) in [6.07, 6.45) is 6.06. The van der Waals surface area contributed by atoms with Crippen molar-refractivity contribution < 1.29 is 4.79 Å². The largest absolute Gasteiger partial charge is 0.323 e. The molecule has 1 aliphatic rings. The molecule has 1 amide bonds. The normalized spacial score (nSPS) is 18.4. The van der Waals surface area contributed by atoms with E-state index < -0.39 is 0 Å². The highest BCUT2D eigenvalue weighted by Gasteiger charge is 2.21. The molecular weight excluding hydrogens is 290 g/mol. The molecule has 2 aromatic rings. The molecule has 110 valence electrons. The Kier molecular flexibility index (Phi) is 4.17. The molecule has 7 heteroatoms. The zero-order valence-electron chi connectivity index (χ0n) is 11.4. The number of halogens is 1. The second kappa shape index (κ2) is 6.24. The number of anilines is 1. The van der Waals surface area contributed by atoms with E-state index in [9.17, 15) is 4.79 Å². The van der Waals surface area contributed by atoms with E-state index in [4.69, 9.17) is 11.6 Å². The van der Waals surface area contributed by atoms with Crippen LogP contribution in [0.1, 0.15) is 19.3 Å². The lowest BCUT2D eigenvalue weighted by molar-refractivity contribution is -0.118. The van der Waals surface area contributed by atoms with E-state index in [0.29, 0.717) is 10.7 Å². The fourth-order valence-corrected chi connectivity index (χ4v) is 2.61. The van der Waals surface area contributed by atoms with E-state index in [1.807, 2.05) is 0 Å². The Balaban J connectivity index is 1.84. The fraction of sp³-hybridized carbons (Fsp3) is 0.357. The molecule has 1 aromatic heterocycles. The Morgan fingerprint density at radius 3 is 3.05 bits per heavy atom. The first-order chi connectivity index (χ1) is 10.2. The van der Waals surface area contributed by atoms with Gasteiger partial charge in [-0.05, 0) is 37.6 Å². The van der Waals surface area contributed by atoms with Gasteiger partial charge in [-0.25, -0.2) is 9.67 Å². The van der Waals surface area contributed by atoms with Crippen LogP contribution in [0, 0.1) is 0 Å². The van der Waals surface area contributed by atoms with Gasteiger partial charge in [-0.1, -0.05) is 18.0 Å². The van der Waals surface area contributed by atoms with E-state index >= 15 is 0 Å². The number of carbonyl (C=O) groups excluding carboxylic acids is 1. The molecule has 1 aliphatic heterocycles. The fourth-order valence-electron chi connectivity index (χ4n) is 2.44. The van der Waals surface area contributed by atoms with Crippen LogP contribution in [0.4, 0.5) is 5.69 Å². The second-order valence-electron chi connectivity index (χ2n) is 4.99. The van der Waals surface area contributed by atoms with Gasteiger partial charge in [0.05, 0.1) is 17.4 Å². The van der Waals surface area contributed by atoms with E-state index in [0.717, 1.165) is 31.5 Å². The molecule has 2 heterocycles. The molecule has 1 saturated heterocycles. The van der Waals surface area contributed by atoms with Gasteiger partial charge in [0, 0.05) is 5.02 Å². The Labute approximate surface area is 127 Å². The predicted molar refractivity (Wildman–Crippen MR) is 80.6 cm³/mol. The van der Waals surface area contributed by atoms with Crippen molar-refractivity contribution in [3.8, 4) is 5.69 Å². The third-order valence-electron chi connectivity index (χ3n) is 3.51. The monoisotopic (exact) mass is 305 g/mol. The lowest BCUT2D eigenvalue weighted by Gasteiger charge is -2.23. The second-order valence-corrected chi connectivity index (χ2v) is 5.43. The summed E-state index contributed by atoms with van der Waals surface area (Å²) in [5.74, 6) is -0.0432. The van der Waals surface area contributed by atoms with Crippen LogP contribution in [0.3, 0.4) is 0 Å². The van der Waals surface area contributed by atoms with Crippen LogP contribution >= 0.6 is 11.6 Å². The first kappa shape index (κ1) is 14.0. The Hall–Kier alpha value is -1.92. The van der Waals surface area contributed by atoms with Crippen LogP contribution in [0.25, 0.3) is 5.69 Å². The summed E-state index contributed by atoms with van der Waals surface area (Å²) in [6.45, 7) is 0.879. The zero-order chi connectivity index (χ0) is 14.7. The summed E-state index contributed by atoms with van der Waals surface area (Å²) >= 11 is 6.04. The highest BCUT2D eigenvalue weighted by molar-refractivity contribution is 6.31. The summed E-state index contributed by atoms with van der Waals surface area (Å²) in [7, 11) is 0. The topological polar surface area (TPSA) is 71.8 Å². The number of hydrogen-bond acceptors (Lipinski definition) is 4. The Bertz CT molecular complexity index is 622. The molecule has 1 aromatic carbocycles. The van der Waals surface area contributed by atoms with Gasteiger partial charge in [-0.2, -0.15) is 5.10 Å². The summed E-state index contributed by atoms with van der Waals surface area (Å²) in [4.78, 5) is 16.3. The number of nitrogens with zero attached hydrogens (tertiary/aromatic N) is 3. The van der Waals surface area contributed by atoms with Crippen LogP contribution in [0.15, 0.2) is 30.9 Å². The van der Waals surface area contributed by atoms with Gasteiger partial charge in [0.15, 0.2) is 0 Å². The molecule has 1 fully saturated rings. The Morgan fingerprint density at radius 2 is 2.33 bits per heavy atom. The molecule has 0 radical (unpaired) electrons. The SMILES string of the molecule is O=C(Nc1cc(Cl)ccc1-n1cncn1)[C@H]1CCCCN1. The minimum Gasteiger partial charge on any atom is -0.323 e. The van der Waals surface area contributed by atoms with Gasteiger partial charge in [0.1, 0.15) is 12.7 Å². The van der Waals surface area contributed by atoms with Gasteiger partial charge in [-0.3, -0.25) is 4.79 Å². The molecular formula is C14H16ClN5O. The molecule has 3 rings (SSSR count). The highest BCUT2D eigenvalue weighted by atomic mass is 35.5. The molecule has 0 saturated carbocycles. The van der Waals surface area contributed by atoms with Crippen molar-refractivity contribution in [1.29, 1.82) is 0 Å². The number of aromatic nitrogens is 3. The van der Waals surface area contributed by atoms with Crippen molar-refractivity contribution in [2.45, 2.75) is 25.3 Å². The van der Waals surface area contributed by atoms with Crippen molar-refractivity contribution in [2.24, 2.45) is 0 Å². The van der Waals surface area contributed by atoms with Crippen LogP contribution < -0.4 is 10.6 Å². The molecule has 2 N–H and O–H groups in total. The molecule has 0 unspecified atom stereocenters. The number of amides is 1. The lowest BCUT2D eigenvalue weighted by Crippen LogP contribution is -2.43. The van der Waals surface area contributed by atoms with Crippen molar-refractivity contribution in [3.05, 3.63) is 35.9 Å². The number of rotatable bonds is 3. The van der Waals surface area contributed by atoms with E-state index in [2.05, 4.69) is 20.7 Å². The Morgan fingerprint density at radius 1 is 1.43 bits per heavy atom. The van der Waals surface area contributed by atoms with Crippen molar-refractivity contribution >= 4 is 23.2 Å². The minimum absolute atomic E-state index is 0.0432. The number of hydrogen-bond donors (Lipinski definition) is 2. The van der Waals surface area contributed by atoms with E-state index in [1.54, 1.807) is 29.2 Å². The predicted octanol–water partition coefficient (Wildman–Crippen LogP) is 2.00. The molecule has 1 atom stereocenters. The molecule has 21 heavy (non-hydrogen) atoms. The maximum Gasteiger partial charge on any atom is 0.241 e. The van der Waals surface area contributed by atoms with Gasteiger partial charge in [0.2, 0.25) is 5.91 Å². The highest BCUT2D eigenvalue weighted by Crippen LogP contribution is 2.24. The van der Waals surface area contributed by atoms with Gasteiger partial charge in [-0.15, -0.1) is 0 Å². The maximum atomic E-state index is 12.3. The van der Waals surface area contributed by atoms with Crippen molar-refractivity contribution in [3.63, 3.8) is 0 Å². The summed E-state index contributed by atoms with van der Waals surface area (Å²) in [6, 6.07) is 5.13. The van der Waals surface area contributed by atoms with Crippen LogP contribution in [0.2, 0.25) is 5.02 Å². The average molecular weight is 306 g/mol. The third kappa shape index (κ3) is 3.22. The van der Waals surface area contributed by atoms with Gasteiger partial charge in [0.25, 0.3) is 0 Å². The summed E-state index contributed by atoms with van der Waals surface area (Å²) in [5.41, 5.74) is 1.37. The third-order valence-corrected chi connectivity index (χ3v) is 3.74. The average Bonchev–Trinajstić information content (AvgIpc) is 3.02. The summed E-state index contributed by atoms with van der Waals surface area (Å²) in [5, 5.41) is 10.8. The van der Waals surface area contributed by atoms with Crippen LogP contribution in [-0.2, 0) is 4.79 Å². The van der Waals surface area contributed by atoms with Crippen LogP contribution in [0.5, 0.6) is 0 Å². The molecule has 0 aliphatic carbocycles. The molecule has 0 spiro atoms. The zero-order valence-corrected chi connectivity index (χ0v) is 12.2. The minimum atomic E-state index is -0.152. The van der Waals surface area contributed by atoms with Crippen LogP contribution in [-0.4, -0.2) is 33.3 Å². The standard InChI is InChI=1S/C14H16ClN5O/c15-10-4-5-13(20-9-16-8-18-20)12(7-10)19-14(21)11-3-1-2-6-17-11/h4-5,7-9,11,17H,1-3,6H2,(H,19,21)/t11-/m1/s1.